The highest BCUT2D eigenvalue weighted by Gasteiger charge is 2.23. The van der Waals surface area contributed by atoms with Gasteiger partial charge in [0, 0.05) is 48.3 Å². The zero-order chi connectivity index (χ0) is 27.3. The number of hydrogen-bond acceptors (Lipinski definition) is 8. The molecule has 0 fully saturated rings. The molecular weight excluding hydrogens is 460 g/mol. The third kappa shape index (κ3) is 12.7. The molecule has 0 atom stereocenters. The van der Waals surface area contributed by atoms with E-state index in [4.69, 9.17) is 5.73 Å². The molecule has 0 aromatic carbocycles. The van der Waals surface area contributed by atoms with Gasteiger partial charge in [-0.1, -0.05) is 0 Å². The van der Waals surface area contributed by atoms with Gasteiger partial charge in [-0.3, -0.25) is 28.8 Å². The number of nitrogens with zero attached hydrogens (tertiary/aromatic N) is 6. The van der Waals surface area contributed by atoms with Crippen LogP contribution in [0.3, 0.4) is 0 Å². The van der Waals surface area contributed by atoms with E-state index >= 15 is 0 Å². The van der Waals surface area contributed by atoms with Crippen molar-refractivity contribution in [3.63, 3.8) is 0 Å². The first kappa shape index (κ1) is 31.7. The van der Waals surface area contributed by atoms with Crippen LogP contribution in [0.1, 0.15) is 0 Å². The van der Waals surface area contributed by atoms with Crippen molar-refractivity contribution in [2.75, 3.05) is 102 Å². The lowest BCUT2D eigenvalue weighted by Gasteiger charge is -2.26. The van der Waals surface area contributed by atoms with Crippen LogP contribution in [0.5, 0.6) is 0 Å². The van der Waals surface area contributed by atoms with Crippen molar-refractivity contribution in [3.05, 3.63) is 0 Å². The highest BCUT2D eigenvalue weighted by Crippen LogP contribution is 1.97. The largest absolute Gasteiger partial charge is 0.353 e. The van der Waals surface area contributed by atoms with Crippen LogP contribution in [0.2, 0.25) is 0 Å². The minimum Gasteiger partial charge on any atom is -0.353 e. The number of nitrogens with two attached hydrogens (primary N) is 1. The van der Waals surface area contributed by atoms with E-state index in [2.05, 4.69) is 5.32 Å². The quantitative estimate of drug-likeness (QED) is 0.243. The van der Waals surface area contributed by atoms with Crippen molar-refractivity contribution in [3.8, 4) is 0 Å². The average molecular weight is 501 g/mol. The number of amides is 6. The van der Waals surface area contributed by atoms with Gasteiger partial charge in [0.15, 0.2) is 0 Å². The Kier molecular flexibility index (Phi) is 14.2. The monoisotopic (exact) mass is 500 g/mol. The second kappa shape index (κ2) is 15.6. The smallest absolute Gasteiger partial charge is 0.242 e. The predicted octanol–water partition coefficient (Wildman–Crippen LogP) is -4.09. The van der Waals surface area contributed by atoms with Crippen LogP contribution in [0.15, 0.2) is 0 Å². The van der Waals surface area contributed by atoms with Crippen molar-refractivity contribution in [2.24, 2.45) is 5.73 Å². The van der Waals surface area contributed by atoms with E-state index in [-0.39, 0.29) is 57.6 Å². The van der Waals surface area contributed by atoms with Crippen molar-refractivity contribution in [1.82, 2.24) is 34.7 Å². The standard InChI is InChI=1S/C21H40N8O6/c1-24(2)11-17(31)26(4)13-19(33)28(6)15-21(35)29(7)14-20(34)27(5)12-18(32)25(3)10-16(30)23-9-8-22/h8-15,22H2,1-7H3,(H,23,30). The van der Waals surface area contributed by atoms with E-state index in [1.807, 2.05) is 0 Å². The SMILES string of the molecule is CN(C)CC(=O)N(C)CC(=O)N(C)CC(=O)N(C)CC(=O)N(C)CC(=O)N(C)CC(=O)NCCN. The molecule has 0 unspecified atom stereocenters. The summed E-state index contributed by atoms with van der Waals surface area (Å²) >= 11 is 0. The summed E-state index contributed by atoms with van der Waals surface area (Å²) in [6.07, 6.45) is 0. The third-order valence-corrected chi connectivity index (χ3v) is 4.92. The molecule has 14 nitrogen and oxygen atoms in total. The summed E-state index contributed by atoms with van der Waals surface area (Å²) in [6.45, 7) is -0.459. The molecule has 3 N–H and O–H groups in total. The van der Waals surface area contributed by atoms with Gasteiger partial charge in [0.25, 0.3) is 0 Å². The summed E-state index contributed by atoms with van der Waals surface area (Å²) in [5.74, 6) is -2.43. The summed E-state index contributed by atoms with van der Waals surface area (Å²) in [7, 11) is 10.7. The number of nitrogens with one attached hydrogen (secondary N) is 1. The number of carbonyl (C=O) groups excluding carboxylic acids is 6. The van der Waals surface area contributed by atoms with Gasteiger partial charge in [-0.25, -0.2) is 0 Å². The second-order valence-corrected chi connectivity index (χ2v) is 8.63. The van der Waals surface area contributed by atoms with Crippen molar-refractivity contribution < 1.29 is 28.8 Å². The Bertz CT molecular complexity index is 775. The maximum absolute atomic E-state index is 12.5. The number of likely N-dealkylation sites (N-methyl/N-ethyl adjacent to an activating group) is 6. The van der Waals surface area contributed by atoms with Gasteiger partial charge in [-0.2, -0.15) is 0 Å². The summed E-state index contributed by atoms with van der Waals surface area (Å²) in [4.78, 5) is 80.8. The summed E-state index contributed by atoms with van der Waals surface area (Å²) in [5, 5.41) is 2.55. The van der Waals surface area contributed by atoms with Gasteiger partial charge in [0.1, 0.15) is 0 Å². The van der Waals surface area contributed by atoms with Crippen molar-refractivity contribution >= 4 is 35.4 Å². The number of rotatable bonds is 14. The van der Waals surface area contributed by atoms with E-state index in [1.165, 1.54) is 49.9 Å². The molecule has 0 radical (unpaired) electrons. The fourth-order valence-corrected chi connectivity index (χ4v) is 2.61. The maximum atomic E-state index is 12.5. The molecule has 14 heteroatoms. The lowest BCUT2D eigenvalue weighted by molar-refractivity contribution is -0.145. The van der Waals surface area contributed by atoms with Gasteiger partial charge in [0.2, 0.25) is 35.4 Å². The summed E-state index contributed by atoms with van der Waals surface area (Å²) in [5.41, 5.74) is 5.31. The first-order chi connectivity index (χ1) is 16.2. The Hall–Kier alpha value is -3.26. The van der Waals surface area contributed by atoms with Crippen LogP contribution in [-0.2, 0) is 28.8 Å². The first-order valence-corrected chi connectivity index (χ1v) is 11.0. The van der Waals surface area contributed by atoms with Gasteiger partial charge in [-0.15, -0.1) is 0 Å². The van der Waals surface area contributed by atoms with E-state index in [0.717, 1.165) is 9.80 Å². The normalized spacial score (nSPS) is 10.4. The average Bonchev–Trinajstić information content (AvgIpc) is 2.76. The van der Waals surface area contributed by atoms with Crippen LogP contribution in [0.25, 0.3) is 0 Å². The fourth-order valence-electron chi connectivity index (χ4n) is 2.61. The Morgan fingerprint density at radius 3 is 1.09 bits per heavy atom. The summed E-state index contributed by atoms with van der Waals surface area (Å²) < 4.78 is 0. The van der Waals surface area contributed by atoms with Crippen molar-refractivity contribution in [2.45, 2.75) is 0 Å². The van der Waals surface area contributed by atoms with Crippen LogP contribution < -0.4 is 11.1 Å². The highest BCUT2D eigenvalue weighted by atomic mass is 16.2. The van der Waals surface area contributed by atoms with Gasteiger partial charge >= 0.3 is 0 Å². The molecule has 0 aliphatic carbocycles. The molecular formula is C21H40N8O6. The molecule has 0 bridgehead atoms. The highest BCUT2D eigenvalue weighted by molar-refractivity contribution is 5.91. The van der Waals surface area contributed by atoms with Crippen LogP contribution in [0.4, 0.5) is 0 Å². The first-order valence-electron chi connectivity index (χ1n) is 11.0. The zero-order valence-corrected chi connectivity index (χ0v) is 21.9. The predicted molar refractivity (Wildman–Crippen MR) is 129 cm³/mol. The Balaban J connectivity index is 4.63. The minimum absolute atomic E-state index is 0.157. The van der Waals surface area contributed by atoms with Crippen LogP contribution in [-0.4, -0.2) is 167 Å². The lowest BCUT2D eigenvalue weighted by Crippen LogP contribution is -2.48. The number of carbonyl (C=O) groups is 6. The molecule has 0 aromatic rings. The Labute approximate surface area is 206 Å². The molecule has 0 aliphatic rings. The maximum Gasteiger partial charge on any atom is 0.242 e. The van der Waals surface area contributed by atoms with E-state index in [1.54, 1.807) is 19.0 Å². The van der Waals surface area contributed by atoms with E-state index in [9.17, 15) is 28.8 Å². The topological polar surface area (TPSA) is 160 Å². The molecule has 6 amide bonds. The molecule has 0 aliphatic heterocycles. The van der Waals surface area contributed by atoms with Crippen molar-refractivity contribution in [1.29, 1.82) is 0 Å². The van der Waals surface area contributed by atoms with Crippen LogP contribution >= 0.6 is 0 Å². The summed E-state index contributed by atoms with van der Waals surface area (Å²) in [6, 6.07) is 0. The molecule has 0 aromatic heterocycles. The molecule has 200 valence electrons. The van der Waals surface area contributed by atoms with Gasteiger partial charge < -0.3 is 40.4 Å². The molecule has 0 saturated carbocycles. The molecule has 0 spiro atoms. The minimum atomic E-state index is -0.488. The molecule has 35 heavy (non-hydrogen) atoms. The van der Waals surface area contributed by atoms with E-state index in [0.29, 0.717) is 6.54 Å². The molecule has 0 saturated heterocycles. The Morgan fingerprint density at radius 1 is 0.514 bits per heavy atom. The van der Waals surface area contributed by atoms with Gasteiger partial charge in [0.05, 0.1) is 39.3 Å². The molecule has 0 rings (SSSR count). The second-order valence-electron chi connectivity index (χ2n) is 8.63. The Morgan fingerprint density at radius 2 is 0.800 bits per heavy atom. The third-order valence-electron chi connectivity index (χ3n) is 4.92. The zero-order valence-electron chi connectivity index (χ0n) is 21.9. The van der Waals surface area contributed by atoms with E-state index < -0.39 is 23.6 Å². The fraction of sp³-hybridized carbons (Fsp3) is 0.714. The molecule has 0 heterocycles. The number of hydrogen-bond donors (Lipinski definition) is 2. The van der Waals surface area contributed by atoms with Gasteiger partial charge in [-0.05, 0) is 14.1 Å². The lowest BCUT2D eigenvalue weighted by atomic mass is 10.3. The van der Waals surface area contributed by atoms with Crippen LogP contribution in [0, 0.1) is 0 Å².